The highest BCUT2D eigenvalue weighted by Gasteiger charge is 2.33. The summed E-state index contributed by atoms with van der Waals surface area (Å²) in [6.45, 7) is 2.33. The topological polar surface area (TPSA) is 78.9 Å². The van der Waals surface area contributed by atoms with Gasteiger partial charge in [0.05, 0.1) is 11.5 Å². The lowest BCUT2D eigenvalue weighted by molar-refractivity contribution is -0.126. The molecule has 1 aliphatic rings. The first-order valence-electron chi connectivity index (χ1n) is 8.53. The van der Waals surface area contributed by atoms with Crippen LogP contribution >= 0.6 is 24.0 Å². The lowest BCUT2D eigenvalue weighted by atomic mass is 10.2. The maximum absolute atomic E-state index is 12.6. The molecule has 0 aliphatic carbocycles. The first kappa shape index (κ1) is 19.9. The largest absolute Gasteiger partial charge is 0.508 e. The van der Waals surface area contributed by atoms with Crippen LogP contribution in [0.1, 0.15) is 12.5 Å². The Labute approximate surface area is 172 Å². The molecule has 2 aromatic carbocycles. The first-order valence-corrected chi connectivity index (χ1v) is 9.76. The Balaban J connectivity index is 1.65. The van der Waals surface area contributed by atoms with E-state index in [1.807, 2.05) is 31.2 Å². The zero-order valence-corrected chi connectivity index (χ0v) is 16.7. The second-order valence-electron chi connectivity index (χ2n) is 5.86. The SMILES string of the molecule is CCOc1ccc(/C=C2\SC(=S)N(CC(=O)Nc3ccc(O)cc3)C2=O)cc1. The number of ether oxygens (including phenoxy) is 1. The molecule has 0 atom stereocenters. The number of nitrogens with zero attached hydrogens (tertiary/aromatic N) is 1. The number of thioether (sulfide) groups is 1. The summed E-state index contributed by atoms with van der Waals surface area (Å²) in [5, 5.41) is 12.0. The normalized spacial score (nSPS) is 15.2. The zero-order chi connectivity index (χ0) is 20.1. The van der Waals surface area contributed by atoms with Crippen molar-refractivity contribution in [3.63, 3.8) is 0 Å². The van der Waals surface area contributed by atoms with Crippen molar-refractivity contribution >= 4 is 51.9 Å². The monoisotopic (exact) mass is 414 g/mol. The fourth-order valence-electron chi connectivity index (χ4n) is 2.50. The summed E-state index contributed by atoms with van der Waals surface area (Å²) in [6.07, 6.45) is 1.74. The number of thiocarbonyl (C=S) groups is 1. The number of carbonyl (C=O) groups is 2. The molecule has 2 aromatic rings. The van der Waals surface area contributed by atoms with Crippen LogP contribution < -0.4 is 10.1 Å². The van der Waals surface area contributed by atoms with Crippen LogP contribution in [-0.2, 0) is 9.59 Å². The predicted molar refractivity (Wildman–Crippen MR) is 114 cm³/mol. The molecule has 2 N–H and O–H groups in total. The highest BCUT2D eigenvalue weighted by molar-refractivity contribution is 8.26. The van der Waals surface area contributed by atoms with Crippen LogP contribution in [-0.4, -0.2) is 39.3 Å². The standard InChI is InChI=1S/C20H18N2O4S2/c1-2-26-16-9-3-13(4-10-16)11-17-19(25)22(20(27)28-17)12-18(24)21-14-5-7-15(23)8-6-14/h3-11,23H,2,12H2,1H3,(H,21,24)/b17-11-. The summed E-state index contributed by atoms with van der Waals surface area (Å²) in [5.41, 5.74) is 1.37. The van der Waals surface area contributed by atoms with E-state index in [1.165, 1.54) is 28.8 Å². The Hall–Kier alpha value is -2.84. The second kappa shape index (κ2) is 8.90. The van der Waals surface area contributed by atoms with Gasteiger partial charge < -0.3 is 15.2 Å². The third-order valence-corrected chi connectivity index (χ3v) is 5.19. The van der Waals surface area contributed by atoms with E-state index in [9.17, 15) is 14.7 Å². The summed E-state index contributed by atoms with van der Waals surface area (Å²) < 4.78 is 5.74. The lowest BCUT2D eigenvalue weighted by Gasteiger charge is -2.14. The molecule has 1 aliphatic heterocycles. The molecule has 1 heterocycles. The Kier molecular flexibility index (Phi) is 6.33. The van der Waals surface area contributed by atoms with E-state index in [1.54, 1.807) is 18.2 Å². The first-order chi connectivity index (χ1) is 13.5. The summed E-state index contributed by atoms with van der Waals surface area (Å²) >= 11 is 6.43. The van der Waals surface area contributed by atoms with Gasteiger partial charge in [0.15, 0.2) is 0 Å². The van der Waals surface area contributed by atoms with Gasteiger partial charge in [-0.1, -0.05) is 36.1 Å². The average Bonchev–Trinajstić information content (AvgIpc) is 2.93. The van der Waals surface area contributed by atoms with Gasteiger partial charge in [-0.2, -0.15) is 0 Å². The molecule has 2 amide bonds. The summed E-state index contributed by atoms with van der Waals surface area (Å²) in [4.78, 5) is 26.6. The van der Waals surface area contributed by atoms with Crippen molar-refractivity contribution in [3.05, 3.63) is 59.0 Å². The number of amides is 2. The van der Waals surface area contributed by atoms with Crippen LogP contribution in [0.25, 0.3) is 6.08 Å². The van der Waals surface area contributed by atoms with Crippen molar-refractivity contribution in [2.75, 3.05) is 18.5 Å². The third-order valence-electron chi connectivity index (χ3n) is 3.82. The average molecular weight is 415 g/mol. The minimum absolute atomic E-state index is 0.106. The lowest BCUT2D eigenvalue weighted by Crippen LogP contribution is -2.36. The molecule has 6 nitrogen and oxygen atoms in total. The van der Waals surface area contributed by atoms with Crippen LogP contribution in [0.4, 0.5) is 5.69 Å². The summed E-state index contributed by atoms with van der Waals surface area (Å²) in [6, 6.07) is 13.5. The van der Waals surface area contributed by atoms with Gasteiger partial charge in [-0.05, 0) is 55.0 Å². The van der Waals surface area contributed by atoms with Crippen molar-refractivity contribution in [3.8, 4) is 11.5 Å². The number of phenolic OH excluding ortho intramolecular Hbond substituents is 1. The quantitative estimate of drug-likeness (QED) is 0.427. The van der Waals surface area contributed by atoms with Gasteiger partial charge in [0.2, 0.25) is 5.91 Å². The molecule has 0 bridgehead atoms. The van der Waals surface area contributed by atoms with Crippen molar-refractivity contribution in [2.45, 2.75) is 6.92 Å². The maximum Gasteiger partial charge on any atom is 0.266 e. The van der Waals surface area contributed by atoms with Crippen LogP contribution in [0.5, 0.6) is 11.5 Å². The van der Waals surface area contributed by atoms with Gasteiger partial charge in [0.1, 0.15) is 22.4 Å². The number of aromatic hydroxyl groups is 1. The van der Waals surface area contributed by atoms with Gasteiger partial charge in [0, 0.05) is 5.69 Å². The predicted octanol–water partition coefficient (Wildman–Crippen LogP) is 3.63. The molecule has 1 fully saturated rings. The molecule has 0 saturated carbocycles. The molecule has 0 spiro atoms. The minimum atomic E-state index is -0.371. The van der Waals surface area contributed by atoms with Gasteiger partial charge in [0.25, 0.3) is 5.91 Å². The van der Waals surface area contributed by atoms with Gasteiger partial charge >= 0.3 is 0 Å². The molecule has 0 unspecified atom stereocenters. The molecular formula is C20H18N2O4S2. The molecule has 144 valence electrons. The second-order valence-corrected chi connectivity index (χ2v) is 7.54. The molecule has 0 radical (unpaired) electrons. The highest BCUT2D eigenvalue weighted by atomic mass is 32.2. The van der Waals surface area contributed by atoms with E-state index in [4.69, 9.17) is 17.0 Å². The smallest absolute Gasteiger partial charge is 0.266 e. The zero-order valence-electron chi connectivity index (χ0n) is 15.0. The number of rotatable bonds is 6. The number of benzene rings is 2. The fraction of sp³-hybridized carbons (Fsp3) is 0.150. The van der Waals surface area contributed by atoms with Gasteiger partial charge in [-0.3, -0.25) is 14.5 Å². The van der Waals surface area contributed by atoms with Crippen LogP contribution in [0, 0.1) is 0 Å². The molecule has 3 rings (SSSR count). The summed E-state index contributed by atoms with van der Waals surface area (Å²) in [5.74, 6) is 0.196. The Morgan fingerprint density at radius 2 is 1.89 bits per heavy atom. The molecule has 1 saturated heterocycles. The minimum Gasteiger partial charge on any atom is -0.508 e. The number of anilines is 1. The van der Waals surface area contributed by atoms with E-state index < -0.39 is 0 Å². The number of nitrogens with one attached hydrogen (secondary N) is 1. The number of hydrogen-bond donors (Lipinski definition) is 2. The van der Waals surface area contributed by atoms with E-state index >= 15 is 0 Å². The number of phenols is 1. The van der Waals surface area contributed by atoms with E-state index in [-0.39, 0.29) is 24.1 Å². The van der Waals surface area contributed by atoms with Crippen LogP contribution in [0.3, 0.4) is 0 Å². The van der Waals surface area contributed by atoms with Crippen molar-refractivity contribution in [2.24, 2.45) is 0 Å². The Bertz CT molecular complexity index is 924. The van der Waals surface area contributed by atoms with Crippen molar-refractivity contribution < 1.29 is 19.4 Å². The highest BCUT2D eigenvalue weighted by Crippen LogP contribution is 2.32. The molecule has 8 heteroatoms. The Morgan fingerprint density at radius 1 is 1.21 bits per heavy atom. The maximum atomic E-state index is 12.6. The molecule has 28 heavy (non-hydrogen) atoms. The van der Waals surface area contributed by atoms with Crippen molar-refractivity contribution in [1.82, 2.24) is 4.90 Å². The third kappa shape index (κ3) is 4.90. The molecule has 0 aromatic heterocycles. The number of hydrogen-bond acceptors (Lipinski definition) is 6. The van der Waals surface area contributed by atoms with Gasteiger partial charge in [-0.25, -0.2) is 0 Å². The van der Waals surface area contributed by atoms with E-state index in [0.29, 0.717) is 21.5 Å². The van der Waals surface area contributed by atoms with Crippen LogP contribution in [0.15, 0.2) is 53.4 Å². The Morgan fingerprint density at radius 3 is 2.54 bits per heavy atom. The van der Waals surface area contributed by atoms with E-state index in [0.717, 1.165) is 11.3 Å². The molecular weight excluding hydrogens is 396 g/mol. The fourth-order valence-corrected chi connectivity index (χ4v) is 3.76. The van der Waals surface area contributed by atoms with Crippen LogP contribution in [0.2, 0.25) is 0 Å². The van der Waals surface area contributed by atoms with E-state index in [2.05, 4.69) is 5.32 Å². The summed E-state index contributed by atoms with van der Waals surface area (Å²) in [7, 11) is 0. The van der Waals surface area contributed by atoms with Gasteiger partial charge in [-0.15, -0.1) is 0 Å². The number of carbonyl (C=O) groups excluding carboxylic acids is 2. The van der Waals surface area contributed by atoms with Crippen molar-refractivity contribution in [1.29, 1.82) is 0 Å².